The molecule has 0 aromatic heterocycles. The van der Waals surface area contributed by atoms with Gasteiger partial charge in [-0.1, -0.05) is 24.3 Å². The monoisotopic (exact) mass is 289 g/mol. The molecule has 1 heterocycles. The fourth-order valence-corrected chi connectivity index (χ4v) is 2.85. The summed E-state index contributed by atoms with van der Waals surface area (Å²) < 4.78 is 11.2. The molecule has 3 nitrogen and oxygen atoms in total. The van der Waals surface area contributed by atoms with Gasteiger partial charge in [-0.2, -0.15) is 0 Å². The summed E-state index contributed by atoms with van der Waals surface area (Å²) in [5.41, 5.74) is 2.89. The van der Waals surface area contributed by atoms with E-state index in [-0.39, 0.29) is 0 Å². The van der Waals surface area contributed by atoms with Crippen LogP contribution in [0.5, 0.6) is 0 Å². The number of ether oxygens (including phenoxy) is 2. The van der Waals surface area contributed by atoms with Crippen molar-refractivity contribution >= 4 is 0 Å². The minimum absolute atomic E-state index is 0.350. The van der Waals surface area contributed by atoms with Gasteiger partial charge >= 0.3 is 0 Å². The van der Waals surface area contributed by atoms with Crippen molar-refractivity contribution in [2.24, 2.45) is 0 Å². The molecular weight excluding hydrogens is 262 g/mol. The van der Waals surface area contributed by atoms with Crippen molar-refractivity contribution in [1.82, 2.24) is 5.32 Å². The molecule has 1 unspecified atom stereocenters. The van der Waals surface area contributed by atoms with Gasteiger partial charge in [-0.25, -0.2) is 0 Å². The number of nitrogens with one attached hydrogen (secondary N) is 1. The molecule has 0 radical (unpaired) electrons. The van der Waals surface area contributed by atoms with Crippen LogP contribution < -0.4 is 5.32 Å². The minimum Gasteiger partial charge on any atom is -0.379 e. The van der Waals surface area contributed by atoms with Crippen LogP contribution in [0.25, 0.3) is 0 Å². The van der Waals surface area contributed by atoms with Gasteiger partial charge in [0, 0.05) is 19.8 Å². The van der Waals surface area contributed by atoms with E-state index < -0.39 is 0 Å². The second-order valence-electron chi connectivity index (χ2n) is 6.26. The maximum absolute atomic E-state index is 5.65. The number of benzene rings is 1. The van der Waals surface area contributed by atoms with Crippen LogP contribution in [0.2, 0.25) is 0 Å². The van der Waals surface area contributed by atoms with E-state index in [4.69, 9.17) is 9.47 Å². The summed E-state index contributed by atoms with van der Waals surface area (Å²) in [5.74, 6) is 0.855. The standard InChI is InChI=1S/C18H27NO2/c1-3-18(21-12-1)14-20-11-2-10-19-13-15-4-6-16(7-5-15)17-8-9-17/h4-7,17-19H,1-3,8-14H2. The lowest BCUT2D eigenvalue weighted by atomic mass is 10.1. The molecule has 1 saturated heterocycles. The third kappa shape index (κ3) is 5.10. The fraction of sp³-hybridized carbons (Fsp3) is 0.667. The Morgan fingerprint density at radius 1 is 1.14 bits per heavy atom. The third-order valence-corrected chi connectivity index (χ3v) is 4.33. The van der Waals surface area contributed by atoms with Gasteiger partial charge in [-0.15, -0.1) is 0 Å². The Labute approximate surface area is 128 Å². The maximum Gasteiger partial charge on any atom is 0.0809 e. The minimum atomic E-state index is 0.350. The topological polar surface area (TPSA) is 30.5 Å². The number of hydrogen-bond acceptors (Lipinski definition) is 3. The summed E-state index contributed by atoms with van der Waals surface area (Å²) in [6.07, 6.45) is 6.52. The van der Waals surface area contributed by atoms with Crippen LogP contribution >= 0.6 is 0 Å². The maximum atomic E-state index is 5.65. The smallest absolute Gasteiger partial charge is 0.0809 e. The van der Waals surface area contributed by atoms with E-state index in [1.807, 2.05) is 0 Å². The van der Waals surface area contributed by atoms with E-state index in [9.17, 15) is 0 Å². The van der Waals surface area contributed by atoms with Crippen molar-refractivity contribution in [3.05, 3.63) is 35.4 Å². The summed E-state index contributed by atoms with van der Waals surface area (Å²) in [7, 11) is 0. The zero-order valence-corrected chi connectivity index (χ0v) is 12.9. The van der Waals surface area contributed by atoms with E-state index in [1.54, 1.807) is 0 Å². The SMILES string of the molecule is c1cc(C2CC2)ccc1CNCCCOCC1CCCO1. The second kappa shape index (κ2) is 7.92. The van der Waals surface area contributed by atoms with Crippen molar-refractivity contribution in [2.75, 3.05) is 26.4 Å². The highest BCUT2D eigenvalue weighted by atomic mass is 16.5. The predicted octanol–water partition coefficient (Wildman–Crippen LogP) is 3.24. The highest BCUT2D eigenvalue weighted by molar-refractivity contribution is 5.27. The lowest BCUT2D eigenvalue weighted by Crippen LogP contribution is -2.18. The third-order valence-electron chi connectivity index (χ3n) is 4.33. The Morgan fingerprint density at radius 3 is 2.71 bits per heavy atom. The van der Waals surface area contributed by atoms with Crippen LogP contribution in [0.15, 0.2) is 24.3 Å². The Kier molecular flexibility index (Phi) is 5.67. The number of hydrogen-bond donors (Lipinski definition) is 1. The first-order chi connectivity index (χ1) is 10.4. The quantitative estimate of drug-likeness (QED) is 0.708. The molecule has 1 aliphatic heterocycles. The molecule has 1 saturated carbocycles. The molecule has 3 rings (SSSR count). The van der Waals surface area contributed by atoms with Gasteiger partial charge in [0.2, 0.25) is 0 Å². The Balaban J connectivity index is 1.21. The van der Waals surface area contributed by atoms with E-state index in [1.165, 1.54) is 30.4 Å². The first kappa shape index (κ1) is 15.0. The first-order valence-corrected chi connectivity index (χ1v) is 8.41. The molecule has 0 bridgehead atoms. The van der Waals surface area contributed by atoms with E-state index in [2.05, 4.69) is 29.6 Å². The molecule has 116 valence electrons. The fourth-order valence-electron chi connectivity index (χ4n) is 2.85. The lowest BCUT2D eigenvalue weighted by molar-refractivity contribution is 0.0166. The zero-order chi connectivity index (χ0) is 14.3. The Bertz CT molecular complexity index is 408. The molecule has 3 heteroatoms. The number of rotatable bonds is 9. The van der Waals surface area contributed by atoms with Crippen LogP contribution in [0.1, 0.15) is 49.1 Å². The van der Waals surface area contributed by atoms with Crippen LogP contribution in [-0.2, 0) is 16.0 Å². The van der Waals surface area contributed by atoms with Crippen molar-refractivity contribution in [3.8, 4) is 0 Å². The molecule has 1 aliphatic carbocycles. The predicted molar refractivity (Wildman–Crippen MR) is 84.5 cm³/mol. The van der Waals surface area contributed by atoms with E-state index >= 15 is 0 Å². The van der Waals surface area contributed by atoms with Crippen molar-refractivity contribution in [2.45, 2.75) is 50.7 Å². The summed E-state index contributed by atoms with van der Waals surface area (Å²) in [6.45, 7) is 4.47. The van der Waals surface area contributed by atoms with Gasteiger partial charge in [-0.05, 0) is 55.7 Å². The summed E-state index contributed by atoms with van der Waals surface area (Å²) in [5, 5.41) is 3.48. The Hall–Kier alpha value is -0.900. The summed E-state index contributed by atoms with van der Waals surface area (Å²) >= 11 is 0. The first-order valence-electron chi connectivity index (χ1n) is 8.41. The molecular formula is C18H27NO2. The van der Waals surface area contributed by atoms with Gasteiger partial charge in [0.25, 0.3) is 0 Å². The average molecular weight is 289 g/mol. The molecule has 0 amide bonds. The lowest BCUT2D eigenvalue weighted by Gasteiger charge is -2.10. The van der Waals surface area contributed by atoms with Gasteiger partial charge in [-0.3, -0.25) is 0 Å². The molecule has 1 N–H and O–H groups in total. The average Bonchev–Trinajstić information content (AvgIpc) is 3.24. The van der Waals surface area contributed by atoms with Crippen LogP contribution in [0.3, 0.4) is 0 Å². The van der Waals surface area contributed by atoms with Crippen LogP contribution in [0.4, 0.5) is 0 Å². The van der Waals surface area contributed by atoms with Crippen LogP contribution in [0, 0.1) is 0 Å². The summed E-state index contributed by atoms with van der Waals surface area (Å²) in [4.78, 5) is 0. The van der Waals surface area contributed by atoms with E-state index in [0.29, 0.717) is 6.10 Å². The Morgan fingerprint density at radius 2 is 2.00 bits per heavy atom. The highest BCUT2D eigenvalue weighted by Gasteiger charge is 2.22. The van der Waals surface area contributed by atoms with Gasteiger partial charge < -0.3 is 14.8 Å². The van der Waals surface area contributed by atoms with Crippen molar-refractivity contribution in [1.29, 1.82) is 0 Å². The van der Waals surface area contributed by atoms with Gasteiger partial charge in [0.15, 0.2) is 0 Å². The molecule has 1 aromatic carbocycles. The van der Waals surface area contributed by atoms with Gasteiger partial charge in [0.1, 0.15) is 0 Å². The summed E-state index contributed by atoms with van der Waals surface area (Å²) in [6, 6.07) is 9.10. The molecule has 2 aliphatic rings. The molecule has 0 spiro atoms. The highest BCUT2D eigenvalue weighted by Crippen LogP contribution is 2.39. The molecule has 2 fully saturated rings. The molecule has 21 heavy (non-hydrogen) atoms. The van der Waals surface area contributed by atoms with Gasteiger partial charge in [0.05, 0.1) is 12.7 Å². The van der Waals surface area contributed by atoms with Crippen LogP contribution in [-0.4, -0.2) is 32.5 Å². The normalized spacial score (nSPS) is 21.8. The van der Waals surface area contributed by atoms with Crippen molar-refractivity contribution in [3.63, 3.8) is 0 Å². The van der Waals surface area contributed by atoms with Crippen molar-refractivity contribution < 1.29 is 9.47 Å². The van der Waals surface area contributed by atoms with E-state index in [0.717, 1.165) is 51.7 Å². The zero-order valence-electron chi connectivity index (χ0n) is 12.9. The molecule has 1 atom stereocenters. The molecule has 1 aromatic rings. The second-order valence-corrected chi connectivity index (χ2v) is 6.26. The largest absolute Gasteiger partial charge is 0.379 e.